The number of hydrogen-bond acceptors (Lipinski definition) is 2. The molecular weight excluding hydrogens is 334 g/mol. The zero-order valence-corrected chi connectivity index (χ0v) is 15.2. The molecule has 0 bridgehead atoms. The van der Waals surface area contributed by atoms with Gasteiger partial charge in [0.15, 0.2) is 0 Å². The molecule has 1 aromatic heterocycles. The van der Waals surface area contributed by atoms with Crippen LogP contribution in [-0.2, 0) is 13.0 Å². The monoisotopic (exact) mass is 355 g/mol. The van der Waals surface area contributed by atoms with Crippen LogP contribution < -0.4 is 5.32 Å². The fourth-order valence-electron chi connectivity index (χ4n) is 2.70. The minimum Gasteiger partial charge on any atom is -0.361 e. The molecule has 5 heteroatoms. The van der Waals surface area contributed by atoms with E-state index >= 15 is 0 Å². The first-order valence-corrected chi connectivity index (χ1v) is 8.68. The normalized spacial score (nSPS) is 11.2. The molecule has 0 unspecified atom stereocenters. The van der Waals surface area contributed by atoms with E-state index in [1.54, 1.807) is 6.07 Å². The van der Waals surface area contributed by atoms with Gasteiger partial charge in [0, 0.05) is 30.2 Å². The van der Waals surface area contributed by atoms with E-state index in [4.69, 9.17) is 11.6 Å². The van der Waals surface area contributed by atoms with Crippen LogP contribution in [0.5, 0.6) is 0 Å². The Morgan fingerprint density at radius 1 is 1.12 bits per heavy atom. The Bertz CT molecular complexity index is 868. The van der Waals surface area contributed by atoms with Crippen LogP contribution in [-0.4, -0.2) is 36.4 Å². The molecule has 130 valence electrons. The van der Waals surface area contributed by atoms with E-state index in [0.29, 0.717) is 17.1 Å². The molecule has 0 atom stereocenters. The lowest BCUT2D eigenvalue weighted by Crippen LogP contribution is -2.23. The highest BCUT2D eigenvalue weighted by molar-refractivity contribution is 6.34. The zero-order valence-electron chi connectivity index (χ0n) is 14.5. The van der Waals surface area contributed by atoms with Gasteiger partial charge in [0.05, 0.1) is 10.6 Å². The van der Waals surface area contributed by atoms with Gasteiger partial charge in [0.25, 0.3) is 5.91 Å². The second kappa shape index (κ2) is 7.72. The van der Waals surface area contributed by atoms with Crippen molar-refractivity contribution in [3.63, 3.8) is 0 Å². The third-order valence-electron chi connectivity index (χ3n) is 4.21. The number of rotatable bonds is 6. The van der Waals surface area contributed by atoms with Crippen molar-refractivity contribution in [3.05, 3.63) is 70.4 Å². The zero-order chi connectivity index (χ0) is 17.8. The number of benzene rings is 2. The van der Waals surface area contributed by atoms with Crippen molar-refractivity contribution in [2.75, 3.05) is 20.6 Å². The van der Waals surface area contributed by atoms with Gasteiger partial charge in [-0.05, 0) is 49.8 Å². The molecule has 2 aromatic carbocycles. The molecule has 0 aliphatic heterocycles. The average molecular weight is 356 g/mol. The molecule has 0 saturated heterocycles. The van der Waals surface area contributed by atoms with Gasteiger partial charge >= 0.3 is 0 Å². The summed E-state index contributed by atoms with van der Waals surface area (Å²) in [6.07, 6.45) is 2.85. The van der Waals surface area contributed by atoms with Crippen molar-refractivity contribution in [1.82, 2.24) is 15.2 Å². The van der Waals surface area contributed by atoms with Crippen molar-refractivity contribution in [2.24, 2.45) is 0 Å². The first kappa shape index (κ1) is 17.5. The SMILES string of the molecule is CN(C)CCc1ccc(CNC(=O)c2cc3[nH]ccc3cc2Cl)cc1. The Hall–Kier alpha value is -2.30. The van der Waals surface area contributed by atoms with Gasteiger partial charge in [-0.25, -0.2) is 0 Å². The maximum absolute atomic E-state index is 12.4. The first-order chi connectivity index (χ1) is 12.0. The summed E-state index contributed by atoms with van der Waals surface area (Å²) in [7, 11) is 4.14. The highest BCUT2D eigenvalue weighted by Gasteiger charge is 2.12. The van der Waals surface area contributed by atoms with E-state index in [1.807, 2.05) is 18.3 Å². The summed E-state index contributed by atoms with van der Waals surface area (Å²) in [4.78, 5) is 17.7. The fraction of sp³-hybridized carbons (Fsp3) is 0.250. The number of halogens is 1. The van der Waals surface area contributed by atoms with Crippen LogP contribution in [0.25, 0.3) is 10.9 Å². The van der Waals surface area contributed by atoms with E-state index in [-0.39, 0.29) is 5.91 Å². The topological polar surface area (TPSA) is 48.1 Å². The lowest BCUT2D eigenvalue weighted by atomic mass is 10.1. The molecule has 3 aromatic rings. The number of nitrogens with one attached hydrogen (secondary N) is 2. The van der Waals surface area contributed by atoms with E-state index in [0.717, 1.165) is 29.4 Å². The van der Waals surface area contributed by atoms with E-state index in [9.17, 15) is 4.79 Å². The summed E-state index contributed by atoms with van der Waals surface area (Å²) in [6.45, 7) is 1.50. The highest BCUT2D eigenvalue weighted by atomic mass is 35.5. The van der Waals surface area contributed by atoms with Crippen LogP contribution in [0, 0.1) is 0 Å². The van der Waals surface area contributed by atoms with Crippen molar-refractivity contribution in [2.45, 2.75) is 13.0 Å². The predicted octanol–water partition coefficient (Wildman–Crippen LogP) is 3.86. The molecule has 0 aliphatic carbocycles. The van der Waals surface area contributed by atoms with Gasteiger partial charge in [-0.3, -0.25) is 4.79 Å². The number of aromatic amines is 1. The van der Waals surface area contributed by atoms with Gasteiger partial charge in [-0.1, -0.05) is 35.9 Å². The maximum Gasteiger partial charge on any atom is 0.253 e. The number of nitrogens with zero attached hydrogens (tertiary/aromatic N) is 1. The molecule has 0 saturated carbocycles. The third kappa shape index (κ3) is 4.41. The summed E-state index contributed by atoms with van der Waals surface area (Å²) in [6, 6.07) is 13.9. The summed E-state index contributed by atoms with van der Waals surface area (Å²) < 4.78 is 0. The van der Waals surface area contributed by atoms with Crippen LogP contribution in [0.3, 0.4) is 0 Å². The van der Waals surface area contributed by atoms with E-state index in [2.05, 4.69) is 53.6 Å². The summed E-state index contributed by atoms with van der Waals surface area (Å²) >= 11 is 6.24. The lowest BCUT2D eigenvalue weighted by molar-refractivity contribution is 0.0951. The summed E-state index contributed by atoms with van der Waals surface area (Å²) in [5, 5.41) is 4.39. The number of amides is 1. The number of H-pyrrole nitrogens is 1. The van der Waals surface area contributed by atoms with Crippen molar-refractivity contribution in [3.8, 4) is 0 Å². The molecule has 1 amide bonds. The Morgan fingerprint density at radius 2 is 1.84 bits per heavy atom. The lowest BCUT2D eigenvalue weighted by Gasteiger charge is -2.10. The first-order valence-electron chi connectivity index (χ1n) is 8.30. The van der Waals surface area contributed by atoms with Crippen LogP contribution in [0.15, 0.2) is 48.7 Å². The highest BCUT2D eigenvalue weighted by Crippen LogP contribution is 2.23. The molecule has 2 N–H and O–H groups in total. The second-order valence-electron chi connectivity index (χ2n) is 6.45. The molecule has 1 heterocycles. The van der Waals surface area contributed by atoms with Gasteiger partial charge in [-0.15, -0.1) is 0 Å². The Kier molecular flexibility index (Phi) is 5.41. The maximum atomic E-state index is 12.4. The molecule has 0 radical (unpaired) electrons. The van der Waals surface area contributed by atoms with Gasteiger partial charge in [0.1, 0.15) is 0 Å². The summed E-state index contributed by atoms with van der Waals surface area (Å²) in [5.74, 6) is -0.168. The van der Waals surface area contributed by atoms with Crippen molar-refractivity contribution in [1.29, 1.82) is 0 Å². The van der Waals surface area contributed by atoms with Crippen molar-refractivity contribution >= 4 is 28.4 Å². The minimum atomic E-state index is -0.168. The minimum absolute atomic E-state index is 0.168. The number of hydrogen-bond donors (Lipinski definition) is 2. The molecule has 25 heavy (non-hydrogen) atoms. The Balaban J connectivity index is 1.62. The Labute approximate surface area is 152 Å². The third-order valence-corrected chi connectivity index (χ3v) is 4.52. The fourth-order valence-corrected chi connectivity index (χ4v) is 2.96. The molecule has 0 spiro atoms. The van der Waals surface area contributed by atoms with Crippen LogP contribution in [0.1, 0.15) is 21.5 Å². The van der Waals surface area contributed by atoms with Crippen LogP contribution >= 0.6 is 11.6 Å². The standard InChI is InChI=1S/C20H22ClN3O/c1-24(2)10-8-14-3-5-15(6-4-14)13-23-20(25)17-12-19-16(7-9-22-19)11-18(17)21/h3-7,9,11-12,22H,8,10,13H2,1-2H3,(H,23,25). The molecule has 4 nitrogen and oxygen atoms in total. The Morgan fingerprint density at radius 3 is 2.56 bits per heavy atom. The van der Waals surface area contributed by atoms with Crippen LogP contribution in [0.2, 0.25) is 5.02 Å². The number of carbonyl (C=O) groups is 1. The number of likely N-dealkylation sites (N-methyl/N-ethyl adjacent to an activating group) is 1. The van der Waals surface area contributed by atoms with Gasteiger partial charge < -0.3 is 15.2 Å². The van der Waals surface area contributed by atoms with E-state index < -0.39 is 0 Å². The summed E-state index contributed by atoms with van der Waals surface area (Å²) in [5.41, 5.74) is 3.75. The molecule has 0 fully saturated rings. The van der Waals surface area contributed by atoms with Crippen molar-refractivity contribution < 1.29 is 4.79 Å². The van der Waals surface area contributed by atoms with E-state index in [1.165, 1.54) is 5.56 Å². The quantitative estimate of drug-likeness (QED) is 0.705. The molecular formula is C20H22ClN3O. The number of aromatic nitrogens is 1. The smallest absolute Gasteiger partial charge is 0.253 e. The van der Waals surface area contributed by atoms with Crippen LogP contribution in [0.4, 0.5) is 0 Å². The number of fused-ring (bicyclic) bond motifs is 1. The molecule has 0 aliphatic rings. The predicted molar refractivity (Wildman–Crippen MR) is 103 cm³/mol. The van der Waals surface area contributed by atoms with Gasteiger partial charge in [-0.2, -0.15) is 0 Å². The average Bonchev–Trinajstić information content (AvgIpc) is 3.05. The number of carbonyl (C=O) groups excluding carboxylic acids is 1. The second-order valence-corrected chi connectivity index (χ2v) is 6.86. The molecule has 3 rings (SSSR count). The largest absolute Gasteiger partial charge is 0.361 e. The van der Waals surface area contributed by atoms with Gasteiger partial charge in [0.2, 0.25) is 0 Å².